The Balaban J connectivity index is 2.48. The van der Waals surface area contributed by atoms with Crippen molar-refractivity contribution in [2.75, 3.05) is 5.32 Å². The van der Waals surface area contributed by atoms with Crippen molar-refractivity contribution in [1.82, 2.24) is 0 Å². The fraction of sp³-hybridized carbons (Fsp3) is 0.385. The van der Waals surface area contributed by atoms with Crippen molar-refractivity contribution >= 4 is 17.9 Å². The molecule has 0 bridgehead atoms. The van der Waals surface area contributed by atoms with E-state index in [0.29, 0.717) is 6.41 Å². The summed E-state index contributed by atoms with van der Waals surface area (Å²) < 4.78 is 41.9. The summed E-state index contributed by atoms with van der Waals surface area (Å²) in [6.45, 7) is 1.55. The van der Waals surface area contributed by atoms with E-state index in [0.717, 1.165) is 12.1 Å². The van der Waals surface area contributed by atoms with Gasteiger partial charge >= 0.3 is 0 Å². The first-order chi connectivity index (χ1) is 9.35. The van der Waals surface area contributed by atoms with Gasteiger partial charge in [0.25, 0.3) is 5.92 Å². The number of rotatable bonds is 3. The van der Waals surface area contributed by atoms with Crippen LogP contribution in [0, 0.1) is 11.7 Å². The standard InChI is InChI=1S/C13H14F3N3O/c1-7-5-13(15,16)11(19-12(7)17)9-4-8(18-6-20)2-3-10(9)14/h2-4,6-7,11H,5H2,1H3,(H2,17,19)(H,18,20)/t7-,11?/m0/s1. The molecule has 4 nitrogen and oxygen atoms in total. The van der Waals surface area contributed by atoms with E-state index in [1.165, 1.54) is 6.07 Å². The summed E-state index contributed by atoms with van der Waals surface area (Å²) in [5.74, 6) is -4.48. The highest BCUT2D eigenvalue weighted by atomic mass is 19.3. The number of carbonyl (C=O) groups excluding carboxylic acids is 1. The van der Waals surface area contributed by atoms with Gasteiger partial charge in [0.2, 0.25) is 6.41 Å². The summed E-state index contributed by atoms with van der Waals surface area (Å²) in [6.07, 6.45) is -0.104. The molecule has 0 aliphatic carbocycles. The van der Waals surface area contributed by atoms with Gasteiger partial charge in [0.05, 0.1) is 5.84 Å². The molecule has 2 rings (SSSR count). The lowest BCUT2D eigenvalue weighted by Gasteiger charge is -2.32. The number of halogens is 3. The molecule has 1 aliphatic rings. The van der Waals surface area contributed by atoms with Crippen molar-refractivity contribution in [3.05, 3.63) is 29.6 Å². The van der Waals surface area contributed by atoms with Crippen LogP contribution in [-0.2, 0) is 4.79 Å². The van der Waals surface area contributed by atoms with Crippen LogP contribution >= 0.6 is 0 Å². The average Bonchev–Trinajstić information content (AvgIpc) is 2.36. The zero-order valence-corrected chi connectivity index (χ0v) is 10.7. The number of carbonyl (C=O) groups is 1. The summed E-state index contributed by atoms with van der Waals surface area (Å²) in [5, 5.41) is 2.29. The van der Waals surface area contributed by atoms with E-state index < -0.39 is 30.1 Å². The molecule has 1 aromatic carbocycles. The number of nitrogens with one attached hydrogen (secondary N) is 1. The molecule has 0 radical (unpaired) electrons. The van der Waals surface area contributed by atoms with Gasteiger partial charge in [-0.3, -0.25) is 9.79 Å². The Bertz CT molecular complexity index is 560. The Morgan fingerprint density at radius 1 is 1.50 bits per heavy atom. The van der Waals surface area contributed by atoms with Gasteiger partial charge in [0.1, 0.15) is 11.9 Å². The summed E-state index contributed by atoms with van der Waals surface area (Å²) in [6, 6.07) is 1.77. The smallest absolute Gasteiger partial charge is 0.274 e. The van der Waals surface area contributed by atoms with Gasteiger partial charge in [0, 0.05) is 23.6 Å². The quantitative estimate of drug-likeness (QED) is 0.838. The molecule has 1 aromatic rings. The molecule has 0 fully saturated rings. The zero-order chi connectivity index (χ0) is 14.9. The van der Waals surface area contributed by atoms with E-state index in [-0.39, 0.29) is 17.1 Å². The predicted octanol–water partition coefficient (Wildman–Crippen LogP) is 2.47. The molecule has 1 heterocycles. The molecule has 0 spiro atoms. The van der Waals surface area contributed by atoms with Crippen LogP contribution in [0.25, 0.3) is 0 Å². The second-order valence-corrected chi connectivity index (χ2v) is 4.82. The molecule has 1 amide bonds. The lowest BCUT2D eigenvalue weighted by molar-refractivity contribution is -0.105. The third kappa shape index (κ3) is 2.61. The molecule has 3 N–H and O–H groups in total. The predicted molar refractivity (Wildman–Crippen MR) is 69.2 cm³/mol. The minimum atomic E-state index is -3.19. The highest BCUT2D eigenvalue weighted by Crippen LogP contribution is 2.43. The Hall–Kier alpha value is -2.05. The number of benzene rings is 1. The number of nitrogens with two attached hydrogens (primary N) is 1. The Morgan fingerprint density at radius 2 is 2.20 bits per heavy atom. The average molecular weight is 285 g/mol. The van der Waals surface area contributed by atoms with Crippen molar-refractivity contribution in [1.29, 1.82) is 0 Å². The van der Waals surface area contributed by atoms with E-state index in [4.69, 9.17) is 5.73 Å². The summed E-state index contributed by atoms with van der Waals surface area (Å²) >= 11 is 0. The van der Waals surface area contributed by atoms with Gasteiger partial charge in [-0.2, -0.15) is 0 Å². The number of hydrogen-bond acceptors (Lipinski definition) is 3. The zero-order valence-electron chi connectivity index (χ0n) is 10.7. The minimum absolute atomic E-state index is 0.0778. The maximum Gasteiger partial charge on any atom is 0.274 e. The maximum atomic E-state index is 14.1. The molecular weight excluding hydrogens is 271 g/mol. The van der Waals surface area contributed by atoms with E-state index in [1.807, 2.05) is 0 Å². The van der Waals surface area contributed by atoms with Crippen LogP contribution in [0.15, 0.2) is 23.2 Å². The topological polar surface area (TPSA) is 67.5 Å². The van der Waals surface area contributed by atoms with Crippen molar-refractivity contribution < 1.29 is 18.0 Å². The normalized spacial score (nSPS) is 24.9. The maximum absolute atomic E-state index is 14.1. The van der Waals surface area contributed by atoms with Crippen LogP contribution in [0.3, 0.4) is 0 Å². The van der Waals surface area contributed by atoms with Crippen LogP contribution in [0.2, 0.25) is 0 Å². The van der Waals surface area contributed by atoms with E-state index in [9.17, 15) is 18.0 Å². The highest BCUT2D eigenvalue weighted by molar-refractivity contribution is 5.83. The SMILES string of the molecule is C[C@H]1CC(F)(F)C(c2cc(NC=O)ccc2F)N=C1N. The van der Waals surface area contributed by atoms with Crippen LogP contribution < -0.4 is 11.1 Å². The Labute approximate surface area is 113 Å². The number of aliphatic imine (C=N–C) groups is 1. The minimum Gasteiger partial charge on any atom is -0.387 e. The third-order valence-electron chi connectivity index (χ3n) is 3.28. The molecule has 2 atom stereocenters. The van der Waals surface area contributed by atoms with Crippen LogP contribution in [0.4, 0.5) is 18.9 Å². The van der Waals surface area contributed by atoms with Gasteiger partial charge in [-0.25, -0.2) is 13.2 Å². The van der Waals surface area contributed by atoms with Crippen molar-refractivity contribution in [3.8, 4) is 0 Å². The second kappa shape index (κ2) is 5.15. The molecule has 108 valence electrons. The monoisotopic (exact) mass is 285 g/mol. The van der Waals surface area contributed by atoms with Crippen LogP contribution in [-0.4, -0.2) is 18.2 Å². The van der Waals surface area contributed by atoms with Gasteiger partial charge < -0.3 is 11.1 Å². The molecule has 7 heteroatoms. The van der Waals surface area contributed by atoms with E-state index >= 15 is 0 Å². The summed E-state index contributed by atoms with van der Waals surface area (Å²) in [5.41, 5.74) is 5.54. The lowest BCUT2D eigenvalue weighted by atomic mass is 9.89. The first kappa shape index (κ1) is 14.4. The van der Waals surface area contributed by atoms with Crippen LogP contribution in [0.5, 0.6) is 0 Å². The molecular formula is C13H14F3N3O. The Morgan fingerprint density at radius 3 is 2.85 bits per heavy atom. The molecule has 1 aliphatic heterocycles. The van der Waals surface area contributed by atoms with Crippen molar-refractivity contribution in [2.45, 2.75) is 25.3 Å². The largest absolute Gasteiger partial charge is 0.387 e. The number of hydrogen-bond donors (Lipinski definition) is 2. The number of amides is 1. The number of alkyl halides is 2. The first-order valence-corrected chi connectivity index (χ1v) is 6.06. The number of nitrogens with zero attached hydrogens (tertiary/aromatic N) is 1. The van der Waals surface area contributed by atoms with E-state index in [1.54, 1.807) is 6.92 Å². The molecule has 1 unspecified atom stereocenters. The summed E-state index contributed by atoms with van der Waals surface area (Å²) in [4.78, 5) is 14.1. The third-order valence-corrected chi connectivity index (χ3v) is 3.28. The van der Waals surface area contributed by atoms with Crippen LogP contribution in [0.1, 0.15) is 24.9 Å². The van der Waals surface area contributed by atoms with Gasteiger partial charge in [0.15, 0.2) is 0 Å². The summed E-state index contributed by atoms with van der Waals surface area (Å²) in [7, 11) is 0. The molecule has 0 aromatic heterocycles. The lowest BCUT2D eigenvalue weighted by Crippen LogP contribution is -2.39. The molecule has 0 saturated carbocycles. The number of anilines is 1. The fourth-order valence-corrected chi connectivity index (χ4v) is 2.20. The van der Waals surface area contributed by atoms with E-state index in [2.05, 4.69) is 10.3 Å². The van der Waals surface area contributed by atoms with Crippen molar-refractivity contribution in [2.24, 2.45) is 16.6 Å². The van der Waals surface area contributed by atoms with Gasteiger partial charge in [-0.15, -0.1) is 0 Å². The molecule has 0 saturated heterocycles. The van der Waals surface area contributed by atoms with Gasteiger partial charge in [-0.1, -0.05) is 6.92 Å². The molecule has 20 heavy (non-hydrogen) atoms. The first-order valence-electron chi connectivity index (χ1n) is 6.06. The highest BCUT2D eigenvalue weighted by Gasteiger charge is 2.46. The fourth-order valence-electron chi connectivity index (χ4n) is 2.20. The second-order valence-electron chi connectivity index (χ2n) is 4.82. The number of amidine groups is 1. The van der Waals surface area contributed by atoms with Gasteiger partial charge in [-0.05, 0) is 18.2 Å². The Kier molecular flexibility index (Phi) is 3.69. The van der Waals surface area contributed by atoms with Crippen molar-refractivity contribution in [3.63, 3.8) is 0 Å².